The molecule has 0 aromatic heterocycles. The molecule has 0 bridgehead atoms. The maximum absolute atomic E-state index is 12.2. The lowest BCUT2D eigenvalue weighted by atomic mass is 9.74. The normalized spacial score (nSPS) is 14.6. The summed E-state index contributed by atoms with van der Waals surface area (Å²) in [6.07, 6.45) is -0.675. The highest BCUT2D eigenvalue weighted by molar-refractivity contribution is 5.83. The van der Waals surface area contributed by atoms with Crippen molar-refractivity contribution in [2.75, 3.05) is 27.3 Å². The third kappa shape index (κ3) is 4.26. The molecule has 5 nitrogen and oxygen atoms in total. The van der Waals surface area contributed by atoms with E-state index < -0.39 is 17.1 Å². The molecule has 5 heteroatoms. The average Bonchev–Trinajstić information content (AvgIpc) is 2.14. The van der Waals surface area contributed by atoms with E-state index in [9.17, 15) is 9.90 Å². The van der Waals surface area contributed by atoms with Crippen LogP contribution in [0.25, 0.3) is 0 Å². The Labute approximate surface area is 104 Å². The van der Waals surface area contributed by atoms with E-state index in [1.54, 1.807) is 7.05 Å². The lowest BCUT2D eigenvalue weighted by Crippen LogP contribution is -2.56. The number of hydrogen-bond acceptors (Lipinski definition) is 4. The van der Waals surface area contributed by atoms with Crippen molar-refractivity contribution in [1.82, 2.24) is 4.90 Å². The third-order valence-electron chi connectivity index (χ3n) is 3.34. The number of hydrogen-bond donors (Lipinski definition) is 2. The zero-order chi connectivity index (χ0) is 13.9. The predicted octanol–water partition coefficient (Wildman–Crippen LogP) is 0.216. The number of carbonyl (C=O) groups is 1. The molecular formula is C12H26N2O3. The van der Waals surface area contributed by atoms with Crippen molar-refractivity contribution in [3.05, 3.63) is 0 Å². The SMILES string of the molecule is COCC(O)CN(C)C(=O)C(C)(C)C(C)(C)N. The van der Waals surface area contributed by atoms with Crippen molar-refractivity contribution in [2.45, 2.75) is 39.3 Å². The molecule has 0 aliphatic rings. The number of nitrogens with two attached hydrogens (primary N) is 1. The minimum Gasteiger partial charge on any atom is -0.389 e. The summed E-state index contributed by atoms with van der Waals surface area (Å²) in [5, 5.41) is 9.59. The van der Waals surface area contributed by atoms with Crippen molar-refractivity contribution >= 4 is 5.91 Å². The molecule has 0 aliphatic carbocycles. The Morgan fingerprint density at radius 1 is 1.41 bits per heavy atom. The fourth-order valence-corrected chi connectivity index (χ4v) is 1.40. The van der Waals surface area contributed by atoms with Gasteiger partial charge in [0, 0.05) is 26.2 Å². The van der Waals surface area contributed by atoms with Gasteiger partial charge in [-0.1, -0.05) is 0 Å². The van der Waals surface area contributed by atoms with Crippen LogP contribution in [0.3, 0.4) is 0 Å². The monoisotopic (exact) mass is 246 g/mol. The maximum Gasteiger partial charge on any atom is 0.229 e. The number of rotatable bonds is 6. The van der Waals surface area contributed by atoms with E-state index in [4.69, 9.17) is 10.5 Å². The summed E-state index contributed by atoms with van der Waals surface area (Å²) in [7, 11) is 3.17. The fourth-order valence-electron chi connectivity index (χ4n) is 1.40. The smallest absolute Gasteiger partial charge is 0.229 e. The second-order valence-corrected chi connectivity index (χ2v) is 5.64. The molecule has 0 spiro atoms. The predicted molar refractivity (Wildman–Crippen MR) is 67.6 cm³/mol. The van der Waals surface area contributed by atoms with Crippen molar-refractivity contribution in [1.29, 1.82) is 0 Å². The molecule has 3 N–H and O–H groups in total. The standard InChI is InChI=1S/C12H26N2O3/c1-11(2,12(3,4)13)10(16)14(5)7-9(15)8-17-6/h9,15H,7-8,13H2,1-6H3. The number of amides is 1. The second kappa shape index (κ2) is 5.80. The first kappa shape index (κ1) is 16.4. The number of aliphatic hydroxyl groups is 1. The van der Waals surface area contributed by atoms with E-state index >= 15 is 0 Å². The summed E-state index contributed by atoms with van der Waals surface area (Å²) in [5.41, 5.74) is 4.70. The van der Waals surface area contributed by atoms with E-state index in [0.717, 1.165) is 0 Å². The van der Waals surface area contributed by atoms with E-state index in [2.05, 4.69) is 0 Å². The van der Waals surface area contributed by atoms with Crippen LogP contribution in [0.15, 0.2) is 0 Å². The molecule has 0 aliphatic heterocycles. The van der Waals surface area contributed by atoms with Crippen LogP contribution in [0, 0.1) is 5.41 Å². The Kier molecular flexibility index (Phi) is 5.58. The first-order chi connectivity index (χ1) is 7.54. The van der Waals surface area contributed by atoms with Gasteiger partial charge in [-0.3, -0.25) is 4.79 Å². The quantitative estimate of drug-likeness (QED) is 0.703. The second-order valence-electron chi connectivity index (χ2n) is 5.64. The van der Waals surface area contributed by atoms with E-state index in [0.29, 0.717) is 0 Å². The van der Waals surface area contributed by atoms with Crippen molar-refractivity contribution < 1.29 is 14.6 Å². The molecule has 1 atom stereocenters. The summed E-state index contributed by atoms with van der Waals surface area (Å²) >= 11 is 0. The highest BCUT2D eigenvalue weighted by atomic mass is 16.5. The molecule has 0 radical (unpaired) electrons. The van der Waals surface area contributed by atoms with Gasteiger partial charge in [-0.25, -0.2) is 0 Å². The molecule has 0 heterocycles. The molecule has 102 valence electrons. The third-order valence-corrected chi connectivity index (χ3v) is 3.34. The van der Waals surface area contributed by atoms with E-state index in [-0.39, 0.29) is 19.1 Å². The zero-order valence-electron chi connectivity index (χ0n) is 11.8. The largest absolute Gasteiger partial charge is 0.389 e. The van der Waals surface area contributed by atoms with Gasteiger partial charge in [-0.15, -0.1) is 0 Å². The number of carbonyl (C=O) groups excluding carboxylic acids is 1. The van der Waals surface area contributed by atoms with Gasteiger partial charge < -0.3 is 20.5 Å². The molecule has 0 saturated heterocycles. The maximum atomic E-state index is 12.2. The fraction of sp³-hybridized carbons (Fsp3) is 0.917. The molecule has 1 amide bonds. The Bertz CT molecular complexity index is 259. The lowest BCUT2D eigenvalue weighted by molar-refractivity contribution is -0.143. The summed E-state index contributed by atoms with van der Waals surface area (Å²) in [6.45, 7) is 7.73. The molecule has 0 rings (SSSR count). The van der Waals surface area contributed by atoms with Gasteiger partial charge in [-0.05, 0) is 27.7 Å². The van der Waals surface area contributed by atoms with Crippen LogP contribution in [-0.2, 0) is 9.53 Å². The highest BCUT2D eigenvalue weighted by Crippen LogP contribution is 2.30. The van der Waals surface area contributed by atoms with Gasteiger partial charge >= 0.3 is 0 Å². The minimum absolute atomic E-state index is 0.0832. The van der Waals surface area contributed by atoms with Gasteiger partial charge in [0.1, 0.15) is 0 Å². The first-order valence-corrected chi connectivity index (χ1v) is 5.75. The lowest BCUT2D eigenvalue weighted by Gasteiger charge is -2.40. The van der Waals surface area contributed by atoms with Crippen LogP contribution in [0.2, 0.25) is 0 Å². The van der Waals surface area contributed by atoms with Crippen LogP contribution in [0.5, 0.6) is 0 Å². The number of aliphatic hydroxyl groups excluding tert-OH is 1. The Morgan fingerprint density at radius 2 is 1.88 bits per heavy atom. The van der Waals surface area contributed by atoms with Gasteiger partial charge in [0.2, 0.25) is 5.91 Å². The summed E-state index contributed by atoms with van der Waals surface area (Å²) in [4.78, 5) is 13.7. The Morgan fingerprint density at radius 3 is 2.24 bits per heavy atom. The molecule has 17 heavy (non-hydrogen) atoms. The van der Waals surface area contributed by atoms with Gasteiger partial charge in [0.05, 0.1) is 18.1 Å². The van der Waals surface area contributed by atoms with Crippen molar-refractivity contribution in [2.24, 2.45) is 11.1 Å². The average molecular weight is 246 g/mol. The summed E-state index contributed by atoms with van der Waals surface area (Å²) < 4.78 is 4.82. The van der Waals surface area contributed by atoms with E-state index in [1.165, 1.54) is 12.0 Å². The first-order valence-electron chi connectivity index (χ1n) is 5.75. The number of ether oxygens (including phenoxy) is 1. The molecule has 0 aromatic carbocycles. The van der Waals surface area contributed by atoms with Crippen molar-refractivity contribution in [3.63, 3.8) is 0 Å². The van der Waals surface area contributed by atoms with Gasteiger partial charge in [0.25, 0.3) is 0 Å². The van der Waals surface area contributed by atoms with E-state index in [1.807, 2.05) is 27.7 Å². The summed E-state index contributed by atoms with van der Waals surface area (Å²) in [5.74, 6) is -0.0832. The highest BCUT2D eigenvalue weighted by Gasteiger charge is 2.42. The van der Waals surface area contributed by atoms with Gasteiger partial charge in [-0.2, -0.15) is 0 Å². The Balaban J connectivity index is 4.60. The Hall–Kier alpha value is -0.650. The molecule has 1 unspecified atom stereocenters. The van der Waals surface area contributed by atoms with Crippen LogP contribution in [0.4, 0.5) is 0 Å². The van der Waals surface area contributed by atoms with Crippen LogP contribution < -0.4 is 5.73 Å². The minimum atomic E-state index is -0.686. The van der Waals surface area contributed by atoms with Crippen molar-refractivity contribution in [3.8, 4) is 0 Å². The number of methoxy groups -OCH3 is 1. The summed E-state index contributed by atoms with van der Waals surface area (Å²) in [6, 6.07) is 0. The van der Waals surface area contributed by atoms with Crippen LogP contribution >= 0.6 is 0 Å². The van der Waals surface area contributed by atoms with Crippen LogP contribution in [-0.4, -0.2) is 54.9 Å². The molecular weight excluding hydrogens is 220 g/mol. The number of likely N-dealkylation sites (N-methyl/N-ethyl adjacent to an activating group) is 1. The molecule has 0 saturated carbocycles. The van der Waals surface area contributed by atoms with Gasteiger partial charge in [0.15, 0.2) is 0 Å². The number of nitrogens with zero attached hydrogens (tertiary/aromatic N) is 1. The molecule has 0 fully saturated rings. The molecule has 0 aromatic rings. The van der Waals surface area contributed by atoms with Crippen LogP contribution in [0.1, 0.15) is 27.7 Å². The zero-order valence-corrected chi connectivity index (χ0v) is 11.8. The topological polar surface area (TPSA) is 75.8 Å².